The molecule has 3 aromatic heterocycles. The molecule has 3 saturated heterocycles. The number of nitrogens with one attached hydrogen (secondary N) is 1. The van der Waals surface area contributed by atoms with Crippen LogP contribution in [0.25, 0.3) is 0 Å². The molecule has 24 nitrogen and oxygen atoms in total. The van der Waals surface area contributed by atoms with E-state index in [1.165, 1.54) is 105 Å². The maximum absolute atomic E-state index is 13.8. The summed E-state index contributed by atoms with van der Waals surface area (Å²) in [5.74, 6) is -1.77. The number of esters is 3. The van der Waals surface area contributed by atoms with Gasteiger partial charge in [-0.3, -0.25) is 15.0 Å². The Bertz CT molecular complexity index is 4440. The van der Waals surface area contributed by atoms with Gasteiger partial charge in [-0.15, -0.1) is 34.0 Å². The summed E-state index contributed by atoms with van der Waals surface area (Å²) in [5, 5.41) is 7.61. The van der Waals surface area contributed by atoms with Crippen molar-refractivity contribution in [2.24, 2.45) is 15.0 Å². The first kappa shape index (κ1) is 77.9. The molecule has 0 spiro atoms. The van der Waals surface area contributed by atoms with Gasteiger partial charge in [0.05, 0.1) is 55.3 Å². The lowest BCUT2D eigenvalue weighted by molar-refractivity contribution is -0.140. The zero-order valence-corrected chi connectivity index (χ0v) is 64.2. The summed E-state index contributed by atoms with van der Waals surface area (Å²) in [6.07, 6.45) is 9.09. The van der Waals surface area contributed by atoms with Crippen LogP contribution in [-0.2, 0) is 58.7 Å². The Hall–Kier alpha value is -6.29. The number of carbonyl (C=O) groups is 3. The quantitative estimate of drug-likeness (QED) is 0.0362. The Kier molecular flexibility index (Phi) is 25.7. The number of carbonyl (C=O) groups excluding carboxylic acids is 3. The number of amidine groups is 3. The number of thiazole rings is 3. The number of alkyl halides is 1. The Balaban J connectivity index is 0.000000173. The molecule has 6 aliphatic rings. The summed E-state index contributed by atoms with van der Waals surface area (Å²) in [6.45, 7) is 6.39. The van der Waals surface area contributed by atoms with Gasteiger partial charge in [0, 0.05) is 155 Å². The van der Waals surface area contributed by atoms with E-state index < -0.39 is 102 Å². The summed E-state index contributed by atoms with van der Waals surface area (Å²) >= 11 is 25.3. The number of nitrogens with zero attached hydrogens (tertiary/aromatic N) is 11. The van der Waals surface area contributed by atoms with Gasteiger partial charge < -0.3 is 28.9 Å². The fourth-order valence-electron chi connectivity index (χ4n) is 11.9. The van der Waals surface area contributed by atoms with Crippen LogP contribution < -0.4 is 4.72 Å². The number of halogens is 7. The number of ether oxygens (including phenoxy) is 3. The van der Waals surface area contributed by atoms with Crippen molar-refractivity contribution in [3.05, 3.63) is 187 Å². The molecule has 0 radical (unpaired) electrons. The van der Waals surface area contributed by atoms with Gasteiger partial charge in [0.25, 0.3) is 0 Å². The monoisotopic (exact) mass is 1660 g/mol. The lowest BCUT2D eigenvalue weighted by atomic mass is 9.94. The highest BCUT2D eigenvalue weighted by atomic mass is 127. The van der Waals surface area contributed by atoms with Crippen LogP contribution in [0, 0.1) is 17.5 Å². The average molecular weight is 1670 g/mol. The predicted octanol–water partition coefficient (Wildman–Crippen LogP) is 10.4. The molecule has 3 aromatic carbocycles. The van der Waals surface area contributed by atoms with Crippen molar-refractivity contribution < 1.29 is 67.0 Å². The number of sulfonamides is 3. The molecule has 0 aliphatic carbocycles. The zero-order chi connectivity index (χ0) is 72.9. The first-order valence-electron chi connectivity index (χ1n) is 30.4. The molecule has 6 atom stereocenters. The molecule has 0 amide bonds. The van der Waals surface area contributed by atoms with E-state index in [9.17, 15) is 52.8 Å². The number of benzene rings is 3. The van der Waals surface area contributed by atoms with E-state index in [1.54, 1.807) is 60.4 Å². The summed E-state index contributed by atoms with van der Waals surface area (Å²) in [4.78, 5) is 74.3. The maximum Gasteiger partial charge on any atom is 0.338 e. The molecule has 6 aromatic rings. The molecule has 3 fully saturated rings. The minimum absolute atomic E-state index is 0.122. The van der Waals surface area contributed by atoms with E-state index in [0.29, 0.717) is 79.4 Å². The second-order valence-electron chi connectivity index (χ2n) is 22.7. The smallest absolute Gasteiger partial charge is 0.338 e. The first-order valence-corrected chi connectivity index (χ1v) is 41.9. The number of rotatable bonds is 18. The van der Waals surface area contributed by atoms with Gasteiger partial charge in [0.2, 0.25) is 30.1 Å². The minimum atomic E-state index is -3.48. The third-order valence-electron chi connectivity index (χ3n) is 16.3. The number of aliphatic imine (C=N–C) groups is 3. The molecule has 0 saturated carbocycles. The fourth-order valence-corrected chi connectivity index (χ4v) is 16.8. The molecule has 536 valence electrons. The average Bonchev–Trinajstić information content (AvgIpc) is 1.54. The van der Waals surface area contributed by atoms with Crippen molar-refractivity contribution in [2.45, 2.75) is 76.3 Å². The highest BCUT2D eigenvalue weighted by Gasteiger charge is 2.48. The van der Waals surface area contributed by atoms with Crippen molar-refractivity contribution in [1.82, 2.24) is 43.0 Å². The van der Waals surface area contributed by atoms with Gasteiger partial charge in [-0.25, -0.2) is 72.5 Å². The Morgan fingerprint density at radius 3 is 1.09 bits per heavy atom. The third kappa shape index (κ3) is 17.5. The fraction of sp³-hybridized carbons (Fsp3) is 0.381. The zero-order valence-electron chi connectivity index (χ0n) is 54.9. The van der Waals surface area contributed by atoms with Gasteiger partial charge in [0.1, 0.15) is 35.6 Å². The SMILES string of the molecule is CCOC(=O)C1=C2C[C@H](N(C)S(C)(=O)=O)CN2C(c2nccs2)=N[C@H]1c1ccc(F)cc1Cl.CCOC(=O)C1=C2C[C@H](N(C)S(C)(=O)=O)CN2C(c2nccs2)=N[C@H]1c1ccc(F)cc1Cl.CCOC(=O)C1=C2C[C@H](NS(C)(=O)=O)CN2C(c2nccs2)=N[C@H]1c1ccc(F)cc1Cl.CI. The van der Waals surface area contributed by atoms with Crippen molar-refractivity contribution in [3.63, 3.8) is 0 Å². The summed E-state index contributed by atoms with van der Waals surface area (Å²) in [6, 6.07) is 7.86. The van der Waals surface area contributed by atoms with Crippen molar-refractivity contribution >= 4 is 157 Å². The Morgan fingerprint density at radius 2 is 0.830 bits per heavy atom. The van der Waals surface area contributed by atoms with Crippen LogP contribution in [0.5, 0.6) is 0 Å². The molecule has 12 rings (SSSR count). The van der Waals surface area contributed by atoms with E-state index in [2.05, 4.69) is 42.3 Å². The van der Waals surface area contributed by atoms with E-state index in [1.807, 2.05) is 14.7 Å². The minimum Gasteiger partial charge on any atom is -0.463 e. The van der Waals surface area contributed by atoms with Crippen LogP contribution in [0.3, 0.4) is 0 Å². The molecule has 0 unspecified atom stereocenters. The topological polar surface area (TPSA) is 285 Å². The lowest BCUT2D eigenvalue weighted by Crippen LogP contribution is -2.40. The highest BCUT2D eigenvalue weighted by molar-refractivity contribution is 14.1. The number of likely N-dealkylation sites (N-methyl/N-ethyl adjacent to an activating group) is 2. The van der Waals surface area contributed by atoms with E-state index in [0.717, 1.165) is 24.8 Å². The maximum atomic E-state index is 13.8. The van der Waals surface area contributed by atoms with Crippen molar-refractivity contribution in [3.8, 4) is 0 Å². The summed E-state index contributed by atoms with van der Waals surface area (Å²) < 4.78 is 135. The van der Waals surface area contributed by atoms with Crippen LogP contribution in [0.15, 0.2) is 138 Å². The van der Waals surface area contributed by atoms with Gasteiger partial charge in [-0.05, 0) is 62.1 Å². The number of hydrogen-bond donors (Lipinski definition) is 1. The van der Waals surface area contributed by atoms with Crippen LogP contribution in [-0.4, -0.2) is 194 Å². The normalized spacial score (nSPS) is 20.5. The highest BCUT2D eigenvalue weighted by Crippen LogP contribution is 2.47. The number of aromatic nitrogens is 3. The molecular weight excluding hydrogens is 1600 g/mol. The van der Waals surface area contributed by atoms with Gasteiger partial charge >= 0.3 is 17.9 Å². The largest absolute Gasteiger partial charge is 0.463 e. The molecule has 37 heteroatoms. The number of hydrogen-bond acceptors (Lipinski definition) is 24. The molecule has 9 heterocycles. The first-order chi connectivity index (χ1) is 47.4. The van der Waals surface area contributed by atoms with Crippen molar-refractivity contribution in [2.75, 3.05) is 77.2 Å². The second-order valence-corrected chi connectivity index (χ2v) is 32.5. The summed E-state index contributed by atoms with van der Waals surface area (Å²) in [7, 11) is -7.40. The number of fused-ring (bicyclic) bond motifs is 3. The third-order valence-corrected chi connectivity index (χ3v) is 23.1. The summed E-state index contributed by atoms with van der Waals surface area (Å²) in [5.41, 5.74) is 3.87. The van der Waals surface area contributed by atoms with Crippen LogP contribution in [0.2, 0.25) is 15.1 Å². The van der Waals surface area contributed by atoms with Crippen LogP contribution >= 0.6 is 91.4 Å². The van der Waals surface area contributed by atoms with Gasteiger partial charge in [0.15, 0.2) is 32.5 Å². The van der Waals surface area contributed by atoms with E-state index in [4.69, 9.17) is 64.0 Å². The molecule has 100 heavy (non-hydrogen) atoms. The van der Waals surface area contributed by atoms with E-state index in [-0.39, 0.29) is 77.4 Å². The predicted molar refractivity (Wildman–Crippen MR) is 388 cm³/mol. The van der Waals surface area contributed by atoms with Crippen LogP contribution in [0.4, 0.5) is 13.2 Å². The lowest BCUT2D eigenvalue weighted by Gasteiger charge is -2.31. The molecule has 1 N–H and O–H groups in total. The Morgan fingerprint density at radius 1 is 0.530 bits per heavy atom. The van der Waals surface area contributed by atoms with Gasteiger partial charge in [-0.1, -0.05) is 75.6 Å². The molecular formula is C63H67Cl3F3IN12O12S6. The molecule has 6 aliphatic heterocycles. The standard InChI is InChI=1S/2C21H22ClFN4O4S2.C20H20ClFN4O4S2.CH3I/c2*1-4-31-21(28)17-16-10-13(26(2)33(3,29)30)11-27(16)19(20-24-7-8-32-20)25-18(17)14-6-5-12(23)9-15(14)22;1-3-30-20(27)16-15-9-12(25-32(2,28)29)10-26(15)18(19-23-6-7-31-19)24-17(16)13-5-4-11(22)8-14(13)21;1-2/h2*5-9,13,18H,4,10-11H2,1-3H3;4-8,12,17,25H,3,9-10H2,1-2H3;1H3/t2*13-,18-;12-,17-;/m000./s1. The van der Waals surface area contributed by atoms with Gasteiger partial charge in [-0.2, -0.15) is 8.61 Å². The van der Waals surface area contributed by atoms with Crippen molar-refractivity contribution in [1.29, 1.82) is 0 Å². The second kappa shape index (κ2) is 33.0. The van der Waals surface area contributed by atoms with Crippen LogP contribution in [0.1, 0.15) is 89.9 Å². The Labute approximate surface area is 617 Å². The molecule has 0 bridgehead atoms. The van der Waals surface area contributed by atoms with E-state index >= 15 is 0 Å².